The summed E-state index contributed by atoms with van der Waals surface area (Å²) in [4.78, 5) is 18.2. The van der Waals surface area contributed by atoms with Crippen LogP contribution in [0.25, 0.3) is 0 Å². The summed E-state index contributed by atoms with van der Waals surface area (Å²) in [5.41, 5.74) is 0.738. The van der Waals surface area contributed by atoms with Gasteiger partial charge in [0.2, 0.25) is 15.9 Å². The van der Waals surface area contributed by atoms with Gasteiger partial charge in [0.25, 0.3) is 0 Å². The zero-order chi connectivity index (χ0) is 18.0. The van der Waals surface area contributed by atoms with E-state index in [2.05, 4.69) is 4.98 Å². The zero-order valence-electron chi connectivity index (χ0n) is 13.7. The third-order valence-corrected chi connectivity index (χ3v) is 6.74. The lowest BCUT2D eigenvalue weighted by atomic mass is 10.2. The number of hydrogen-bond acceptors (Lipinski definition) is 5. The standard InChI is InChI=1S/C16H18FN3O3S2/c1-12-18-14(11-24-12)10-16(21)19-5-7-20(8-6-19)25(22,23)15-4-2-3-13(17)9-15/h2-4,9,11H,5-8,10H2,1H3. The molecule has 0 saturated carbocycles. The van der Waals surface area contributed by atoms with E-state index in [1.54, 1.807) is 4.90 Å². The number of halogens is 1. The van der Waals surface area contributed by atoms with Gasteiger partial charge in [0, 0.05) is 31.6 Å². The molecular weight excluding hydrogens is 365 g/mol. The van der Waals surface area contributed by atoms with Gasteiger partial charge in [0.15, 0.2) is 0 Å². The van der Waals surface area contributed by atoms with Crippen molar-refractivity contribution in [1.82, 2.24) is 14.2 Å². The second-order valence-corrected chi connectivity index (χ2v) is 8.78. The van der Waals surface area contributed by atoms with E-state index in [1.165, 1.54) is 33.8 Å². The van der Waals surface area contributed by atoms with E-state index in [9.17, 15) is 17.6 Å². The fourth-order valence-electron chi connectivity index (χ4n) is 2.71. The van der Waals surface area contributed by atoms with Crippen molar-refractivity contribution < 1.29 is 17.6 Å². The van der Waals surface area contributed by atoms with Gasteiger partial charge >= 0.3 is 0 Å². The van der Waals surface area contributed by atoms with Gasteiger partial charge in [0.1, 0.15) is 5.82 Å². The Kier molecular flexibility index (Phi) is 5.16. The number of rotatable bonds is 4. The predicted molar refractivity (Wildman–Crippen MR) is 92.3 cm³/mol. The highest BCUT2D eigenvalue weighted by molar-refractivity contribution is 7.89. The van der Waals surface area contributed by atoms with E-state index in [0.717, 1.165) is 16.8 Å². The Morgan fingerprint density at radius 1 is 1.28 bits per heavy atom. The highest BCUT2D eigenvalue weighted by Crippen LogP contribution is 2.19. The first-order valence-corrected chi connectivity index (χ1v) is 10.1. The maximum atomic E-state index is 13.3. The number of hydrogen-bond donors (Lipinski definition) is 0. The highest BCUT2D eigenvalue weighted by atomic mass is 32.2. The van der Waals surface area contributed by atoms with Crippen molar-refractivity contribution in [2.24, 2.45) is 0 Å². The minimum Gasteiger partial charge on any atom is -0.340 e. The molecule has 134 valence electrons. The normalized spacial score (nSPS) is 16.2. The van der Waals surface area contributed by atoms with Crippen LogP contribution in [-0.2, 0) is 21.2 Å². The summed E-state index contributed by atoms with van der Waals surface area (Å²) in [7, 11) is -3.74. The number of sulfonamides is 1. The van der Waals surface area contributed by atoms with Gasteiger partial charge in [-0.1, -0.05) is 6.07 Å². The SMILES string of the molecule is Cc1nc(CC(=O)N2CCN(S(=O)(=O)c3cccc(F)c3)CC2)cs1. The van der Waals surface area contributed by atoms with Crippen molar-refractivity contribution in [3.05, 3.63) is 46.2 Å². The summed E-state index contributed by atoms with van der Waals surface area (Å²) >= 11 is 1.50. The Hall–Kier alpha value is -1.84. The second-order valence-electron chi connectivity index (χ2n) is 5.78. The van der Waals surface area contributed by atoms with Crippen LogP contribution >= 0.6 is 11.3 Å². The second kappa shape index (κ2) is 7.19. The minimum atomic E-state index is -3.74. The summed E-state index contributed by atoms with van der Waals surface area (Å²) in [6.45, 7) is 2.91. The van der Waals surface area contributed by atoms with Gasteiger partial charge in [-0.25, -0.2) is 17.8 Å². The highest BCUT2D eigenvalue weighted by Gasteiger charge is 2.30. The fourth-order valence-corrected chi connectivity index (χ4v) is 4.78. The third kappa shape index (κ3) is 4.05. The smallest absolute Gasteiger partial charge is 0.243 e. The molecule has 0 unspecified atom stereocenters. The zero-order valence-corrected chi connectivity index (χ0v) is 15.3. The maximum absolute atomic E-state index is 13.3. The molecule has 2 aromatic rings. The van der Waals surface area contributed by atoms with Crippen LogP contribution < -0.4 is 0 Å². The largest absolute Gasteiger partial charge is 0.340 e. The number of carbonyl (C=O) groups excluding carboxylic acids is 1. The van der Waals surface area contributed by atoms with Gasteiger partial charge in [-0.2, -0.15) is 4.31 Å². The van der Waals surface area contributed by atoms with E-state index in [0.29, 0.717) is 13.1 Å². The Balaban J connectivity index is 1.62. The van der Waals surface area contributed by atoms with Gasteiger partial charge in [0.05, 0.1) is 22.0 Å². The first-order valence-electron chi connectivity index (χ1n) is 7.81. The third-order valence-electron chi connectivity index (χ3n) is 4.02. The van der Waals surface area contributed by atoms with Crippen LogP contribution in [0.2, 0.25) is 0 Å². The molecule has 1 aromatic carbocycles. The van der Waals surface area contributed by atoms with Crippen molar-refractivity contribution >= 4 is 27.3 Å². The quantitative estimate of drug-likeness (QED) is 0.805. The van der Waals surface area contributed by atoms with Crippen LogP contribution in [0.5, 0.6) is 0 Å². The molecule has 1 aliphatic heterocycles. The van der Waals surface area contributed by atoms with Crippen molar-refractivity contribution in [2.45, 2.75) is 18.2 Å². The molecule has 1 aromatic heterocycles. The molecule has 1 aliphatic rings. The number of thiazole rings is 1. The molecule has 3 rings (SSSR count). The average Bonchev–Trinajstić information content (AvgIpc) is 3.00. The number of aryl methyl sites for hydroxylation is 1. The lowest BCUT2D eigenvalue weighted by molar-refractivity contribution is -0.131. The lowest BCUT2D eigenvalue weighted by Gasteiger charge is -2.34. The Bertz CT molecular complexity index is 874. The number of carbonyl (C=O) groups is 1. The van der Waals surface area contributed by atoms with E-state index in [4.69, 9.17) is 0 Å². The van der Waals surface area contributed by atoms with Crippen LogP contribution in [0.15, 0.2) is 34.5 Å². The molecule has 1 saturated heterocycles. The van der Waals surface area contributed by atoms with Crippen LogP contribution in [0, 0.1) is 12.7 Å². The monoisotopic (exact) mass is 383 g/mol. The maximum Gasteiger partial charge on any atom is 0.243 e. The minimum absolute atomic E-state index is 0.0619. The fraction of sp³-hybridized carbons (Fsp3) is 0.375. The van der Waals surface area contributed by atoms with Gasteiger partial charge < -0.3 is 4.90 Å². The molecule has 1 amide bonds. The van der Waals surface area contributed by atoms with Crippen LogP contribution in [0.3, 0.4) is 0 Å². The molecule has 0 N–H and O–H groups in total. The Morgan fingerprint density at radius 3 is 2.60 bits per heavy atom. The van der Waals surface area contributed by atoms with Crippen LogP contribution in [0.1, 0.15) is 10.7 Å². The summed E-state index contributed by atoms with van der Waals surface area (Å²) in [6, 6.07) is 4.96. The molecule has 25 heavy (non-hydrogen) atoms. The number of amides is 1. The molecule has 0 radical (unpaired) electrons. The number of piperazine rings is 1. The predicted octanol–water partition coefficient (Wildman–Crippen LogP) is 1.67. The molecule has 0 aliphatic carbocycles. The van der Waals surface area contributed by atoms with Gasteiger partial charge in [-0.05, 0) is 25.1 Å². The van der Waals surface area contributed by atoms with Crippen molar-refractivity contribution in [3.63, 3.8) is 0 Å². The van der Waals surface area contributed by atoms with E-state index in [1.807, 2.05) is 12.3 Å². The summed E-state index contributed by atoms with van der Waals surface area (Å²) in [5.74, 6) is -0.651. The Labute approximate surface area is 150 Å². The first kappa shape index (κ1) is 18.0. The van der Waals surface area contributed by atoms with Crippen molar-refractivity contribution in [2.75, 3.05) is 26.2 Å². The van der Waals surface area contributed by atoms with Crippen molar-refractivity contribution in [3.8, 4) is 0 Å². The topological polar surface area (TPSA) is 70.6 Å². The summed E-state index contributed by atoms with van der Waals surface area (Å²) in [6.07, 6.45) is 0.223. The van der Waals surface area contributed by atoms with E-state index < -0.39 is 15.8 Å². The molecule has 2 heterocycles. The number of nitrogens with zero attached hydrogens (tertiary/aromatic N) is 3. The average molecular weight is 383 g/mol. The summed E-state index contributed by atoms with van der Waals surface area (Å²) in [5, 5.41) is 2.77. The molecule has 0 bridgehead atoms. The van der Waals surface area contributed by atoms with Gasteiger partial charge in [-0.15, -0.1) is 11.3 Å². The Morgan fingerprint density at radius 2 is 2.00 bits per heavy atom. The first-order chi connectivity index (χ1) is 11.9. The molecule has 9 heteroatoms. The van der Waals surface area contributed by atoms with Crippen LogP contribution in [0.4, 0.5) is 4.39 Å². The molecular formula is C16H18FN3O3S2. The molecule has 0 spiro atoms. The number of aromatic nitrogens is 1. The van der Waals surface area contributed by atoms with Crippen LogP contribution in [-0.4, -0.2) is 54.7 Å². The van der Waals surface area contributed by atoms with E-state index >= 15 is 0 Å². The number of benzene rings is 1. The van der Waals surface area contributed by atoms with E-state index in [-0.39, 0.29) is 30.3 Å². The molecule has 6 nitrogen and oxygen atoms in total. The van der Waals surface area contributed by atoms with Crippen molar-refractivity contribution in [1.29, 1.82) is 0 Å². The lowest BCUT2D eigenvalue weighted by Crippen LogP contribution is -2.50. The van der Waals surface area contributed by atoms with Gasteiger partial charge in [-0.3, -0.25) is 4.79 Å². The molecule has 1 fully saturated rings. The molecule has 0 atom stereocenters. The summed E-state index contributed by atoms with van der Waals surface area (Å²) < 4.78 is 39.7.